The molecular formula is C8H13NO3. The minimum atomic E-state index is -0.496. The van der Waals surface area contributed by atoms with Crippen molar-refractivity contribution < 1.29 is 14.3 Å². The Balaban J connectivity index is 3.61. The molecule has 0 rings (SSSR count). The Labute approximate surface area is 71.4 Å². The summed E-state index contributed by atoms with van der Waals surface area (Å²) < 4.78 is 4.65. The average Bonchev–Trinajstić information content (AvgIpc) is 1.96. The monoisotopic (exact) mass is 171 g/mol. The summed E-state index contributed by atoms with van der Waals surface area (Å²) in [6.45, 7) is 3.61. The number of allylic oxidation sites excluding steroid dienone is 1. The average molecular weight is 171 g/mol. The SMILES string of the molecule is CC(C)=COC(=O)CCC(N)=O. The van der Waals surface area contributed by atoms with Crippen molar-refractivity contribution in [1.29, 1.82) is 0 Å². The van der Waals surface area contributed by atoms with E-state index in [1.54, 1.807) is 13.8 Å². The predicted octanol–water partition coefficient (Wildman–Crippen LogP) is 0.719. The van der Waals surface area contributed by atoms with Crippen molar-refractivity contribution in [3.05, 3.63) is 11.8 Å². The van der Waals surface area contributed by atoms with E-state index in [0.717, 1.165) is 5.57 Å². The van der Waals surface area contributed by atoms with Crippen LogP contribution < -0.4 is 5.73 Å². The lowest BCUT2D eigenvalue weighted by atomic mass is 10.3. The molecule has 0 aliphatic rings. The first-order chi connectivity index (χ1) is 5.52. The van der Waals surface area contributed by atoms with Gasteiger partial charge in [0.15, 0.2) is 0 Å². The highest BCUT2D eigenvalue weighted by molar-refractivity contribution is 5.80. The third-order valence-corrected chi connectivity index (χ3v) is 1.00. The first-order valence-electron chi connectivity index (χ1n) is 3.63. The fourth-order valence-corrected chi connectivity index (χ4v) is 0.468. The molecule has 0 saturated heterocycles. The van der Waals surface area contributed by atoms with Gasteiger partial charge in [-0.3, -0.25) is 9.59 Å². The van der Waals surface area contributed by atoms with Crippen LogP contribution in [0.5, 0.6) is 0 Å². The first-order valence-corrected chi connectivity index (χ1v) is 3.63. The Hall–Kier alpha value is -1.32. The summed E-state index contributed by atoms with van der Waals surface area (Å²) in [4.78, 5) is 21.0. The van der Waals surface area contributed by atoms with E-state index in [-0.39, 0.29) is 12.8 Å². The highest BCUT2D eigenvalue weighted by Crippen LogP contribution is 1.95. The van der Waals surface area contributed by atoms with Gasteiger partial charge >= 0.3 is 5.97 Å². The molecule has 0 atom stereocenters. The van der Waals surface area contributed by atoms with E-state index in [4.69, 9.17) is 5.73 Å². The molecule has 0 heterocycles. The Morgan fingerprint density at radius 3 is 2.33 bits per heavy atom. The fourth-order valence-electron chi connectivity index (χ4n) is 0.468. The topological polar surface area (TPSA) is 69.4 Å². The smallest absolute Gasteiger partial charge is 0.311 e. The molecule has 0 aromatic heterocycles. The molecule has 0 spiro atoms. The standard InChI is InChI=1S/C8H13NO3/c1-6(2)5-12-8(11)4-3-7(9)10/h5H,3-4H2,1-2H3,(H2,9,10). The molecule has 2 N–H and O–H groups in total. The predicted molar refractivity (Wildman–Crippen MR) is 44.0 cm³/mol. The van der Waals surface area contributed by atoms with Crippen LogP contribution in [0.1, 0.15) is 26.7 Å². The number of hydrogen-bond acceptors (Lipinski definition) is 3. The van der Waals surface area contributed by atoms with E-state index in [1.807, 2.05) is 0 Å². The number of rotatable bonds is 4. The van der Waals surface area contributed by atoms with Crippen molar-refractivity contribution in [1.82, 2.24) is 0 Å². The van der Waals surface area contributed by atoms with E-state index < -0.39 is 11.9 Å². The maximum absolute atomic E-state index is 10.8. The van der Waals surface area contributed by atoms with Gasteiger partial charge in [-0.1, -0.05) is 0 Å². The van der Waals surface area contributed by atoms with Crippen LogP contribution in [0, 0.1) is 0 Å². The largest absolute Gasteiger partial charge is 0.435 e. The summed E-state index contributed by atoms with van der Waals surface area (Å²) in [7, 11) is 0. The van der Waals surface area contributed by atoms with E-state index in [0.29, 0.717) is 0 Å². The van der Waals surface area contributed by atoms with E-state index in [9.17, 15) is 9.59 Å². The molecule has 0 bridgehead atoms. The lowest BCUT2D eigenvalue weighted by Gasteiger charge is -1.97. The quantitative estimate of drug-likeness (QED) is 0.500. The van der Waals surface area contributed by atoms with Gasteiger partial charge in [0.1, 0.15) is 0 Å². The molecule has 0 aliphatic heterocycles. The molecule has 0 radical (unpaired) electrons. The van der Waals surface area contributed by atoms with Crippen LogP contribution in [0.15, 0.2) is 11.8 Å². The van der Waals surface area contributed by atoms with Crippen molar-refractivity contribution in [2.45, 2.75) is 26.7 Å². The van der Waals surface area contributed by atoms with Gasteiger partial charge in [-0.25, -0.2) is 0 Å². The molecule has 68 valence electrons. The van der Waals surface area contributed by atoms with Crippen molar-refractivity contribution in [2.24, 2.45) is 5.73 Å². The lowest BCUT2D eigenvalue weighted by Crippen LogP contribution is -2.13. The van der Waals surface area contributed by atoms with Gasteiger partial charge in [0, 0.05) is 6.42 Å². The van der Waals surface area contributed by atoms with Gasteiger partial charge in [0.2, 0.25) is 5.91 Å². The summed E-state index contributed by atoms with van der Waals surface area (Å²) in [5.41, 5.74) is 5.73. The zero-order valence-electron chi connectivity index (χ0n) is 7.29. The number of carbonyl (C=O) groups is 2. The van der Waals surface area contributed by atoms with Gasteiger partial charge < -0.3 is 10.5 Å². The van der Waals surface area contributed by atoms with Crippen LogP contribution in [0.2, 0.25) is 0 Å². The third-order valence-electron chi connectivity index (χ3n) is 1.00. The summed E-state index contributed by atoms with van der Waals surface area (Å²) in [5, 5.41) is 0. The number of ether oxygens (including phenoxy) is 1. The molecule has 0 saturated carbocycles. The number of amides is 1. The van der Waals surface area contributed by atoms with Crippen LogP contribution in [-0.4, -0.2) is 11.9 Å². The zero-order valence-corrected chi connectivity index (χ0v) is 7.29. The van der Waals surface area contributed by atoms with Crippen molar-refractivity contribution in [2.75, 3.05) is 0 Å². The van der Waals surface area contributed by atoms with Gasteiger partial charge in [-0.15, -0.1) is 0 Å². The Morgan fingerprint density at radius 1 is 1.33 bits per heavy atom. The first kappa shape index (κ1) is 10.7. The van der Waals surface area contributed by atoms with Gasteiger partial charge in [0.05, 0.1) is 12.7 Å². The van der Waals surface area contributed by atoms with Crippen molar-refractivity contribution >= 4 is 11.9 Å². The maximum Gasteiger partial charge on any atom is 0.311 e. The summed E-state index contributed by atoms with van der Waals surface area (Å²) in [6, 6.07) is 0. The van der Waals surface area contributed by atoms with Gasteiger partial charge in [-0.2, -0.15) is 0 Å². The van der Waals surface area contributed by atoms with Crippen molar-refractivity contribution in [3.8, 4) is 0 Å². The number of esters is 1. The molecule has 0 aliphatic carbocycles. The molecule has 4 heteroatoms. The highest BCUT2D eigenvalue weighted by atomic mass is 16.5. The molecule has 0 fully saturated rings. The number of hydrogen-bond donors (Lipinski definition) is 1. The van der Waals surface area contributed by atoms with Gasteiger partial charge in [-0.05, 0) is 19.4 Å². The molecular weight excluding hydrogens is 158 g/mol. The van der Waals surface area contributed by atoms with E-state index in [1.165, 1.54) is 6.26 Å². The maximum atomic E-state index is 10.8. The summed E-state index contributed by atoms with van der Waals surface area (Å²) in [5.74, 6) is -0.931. The third kappa shape index (κ3) is 6.80. The lowest BCUT2D eigenvalue weighted by molar-refractivity contribution is -0.139. The summed E-state index contributed by atoms with van der Waals surface area (Å²) in [6.07, 6.45) is 1.43. The highest BCUT2D eigenvalue weighted by Gasteiger charge is 2.03. The van der Waals surface area contributed by atoms with E-state index >= 15 is 0 Å². The molecule has 0 aromatic carbocycles. The second kappa shape index (κ2) is 5.35. The van der Waals surface area contributed by atoms with E-state index in [2.05, 4.69) is 4.74 Å². The molecule has 1 amide bonds. The molecule has 0 unspecified atom stereocenters. The van der Waals surface area contributed by atoms with Crippen LogP contribution in [-0.2, 0) is 14.3 Å². The molecule has 4 nitrogen and oxygen atoms in total. The fraction of sp³-hybridized carbons (Fsp3) is 0.500. The summed E-state index contributed by atoms with van der Waals surface area (Å²) >= 11 is 0. The van der Waals surface area contributed by atoms with Crippen LogP contribution in [0.25, 0.3) is 0 Å². The van der Waals surface area contributed by atoms with Gasteiger partial charge in [0.25, 0.3) is 0 Å². The Bertz CT molecular complexity index is 204. The number of carbonyl (C=O) groups excluding carboxylic acids is 2. The minimum Gasteiger partial charge on any atom is -0.435 e. The number of nitrogens with two attached hydrogens (primary N) is 1. The van der Waals surface area contributed by atoms with Crippen LogP contribution >= 0.6 is 0 Å². The van der Waals surface area contributed by atoms with Crippen molar-refractivity contribution in [3.63, 3.8) is 0 Å². The normalized spacial score (nSPS) is 8.83. The molecule has 0 aromatic rings. The number of primary amides is 1. The Morgan fingerprint density at radius 2 is 1.92 bits per heavy atom. The second-order valence-electron chi connectivity index (χ2n) is 2.65. The minimum absolute atomic E-state index is 0.0371. The molecule has 12 heavy (non-hydrogen) atoms. The Kier molecular flexibility index (Phi) is 4.76. The zero-order chi connectivity index (χ0) is 9.56. The van der Waals surface area contributed by atoms with Crippen LogP contribution in [0.3, 0.4) is 0 Å². The van der Waals surface area contributed by atoms with Crippen LogP contribution in [0.4, 0.5) is 0 Å². The second-order valence-corrected chi connectivity index (χ2v) is 2.65.